The maximum absolute atomic E-state index is 13.1. The summed E-state index contributed by atoms with van der Waals surface area (Å²) in [5, 5.41) is 4.45. The van der Waals surface area contributed by atoms with Crippen LogP contribution in [0, 0.1) is 0 Å². The third-order valence-corrected chi connectivity index (χ3v) is 6.84. The minimum Gasteiger partial charge on any atom is -0.350 e. The van der Waals surface area contributed by atoms with Gasteiger partial charge in [0.1, 0.15) is 0 Å². The molecular weight excluding hydrogens is 412 g/mol. The third-order valence-electron chi connectivity index (χ3n) is 6.84. The van der Waals surface area contributed by atoms with E-state index in [1.165, 1.54) is 0 Å². The Labute approximate surface area is 191 Å². The minimum absolute atomic E-state index is 0.0847. The van der Waals surface area contributed by atoms with Gasteiger partial charge in [0.15, 0.2) is 0 Å². The molecule has 6 heteroatoms. The molecule has 0 radical (unpaired) electrons. The van der Waals surface area contributed by atoms with E-state index in [1.54, 1.807) is 0 Å². The van der Waals surface area contributed by atoms with Crippen molar-refractivity contribution in [2.45, 2.75) is 24.9 Å². The fraction of sp³-hybridized carbons (Fsp3) is 0.185. The van der Waals surface area contributed by atoms with Crippen molar-refractivity contribution in [3.05, 3.63) is 84.2 Å². The summed E-state index contributed by atoms with van der Waals surface area (Å²) >= 11 is 0. The van der Waals surface area contributed by atoms with E-state index in [9.17, 15) is 9.59 Å². The van der Waals surface area contributed by atoms with Crippen LogP contribution >= 0.6 is 0 Å². The second kappa shape index (κ2) is 7.32. The highest BCUT2D eigenvalue weighted by Gasteiger charge is 2.35. The Morgan fingerprint density at radius 1 is 0.818 bits per heavy atom. The van der Waals surface area contributed by atoms with Gasteiger partial charge >= 0.3 is 0 Å². The molecule has 2 aromatic carbocycles. The molecule has 2 aliphatic rings. The van der Waals surface area contributed by atoms with Crippen LogP contribution in [0.5, 0.6) is 0 Å². The molecule has 0 unspecified atom stereocenters. The molecule has 2 amide bonds. The Morgan fingerprint density at radius 2 is 1.42 bits per heavy atom. The molecule has 1 aliphatic heterocycles. The maximum atomic E-state index is 13.1. The van der Waals surface area contributed by atoms with Crippen molar-refractivity contribution in [3.63, 3.8) is 0 Å². The number of nitrogens with one attached hydrogen (secondary N) is 1. The molecule has 33 heavy (non-hydrogen) atoms. The lowest BCUT2D eigenvalue weighted by atomic mass is 9.95. The standard InChI is InChI=1S/C27H24N4O2/c1-30-14-20(18-6-2-4-8-22(18)30)24-25(27(33)29-26(24)32)21-15-31(17-12-10-16(28)11-13-17)23-9-5-3-7-19(21)23/h2-10,12,14-17H,11,13,28H2,1H3,(H,29,32,33)/t16-,17-/m1/s1. The average Bonchev–Trinajstić information content (AvgIpc) is 3.45. The van der Waals surface area contributed by atoms with Crippen LogP contribution in [0.2, 0.25) is 0 Å². The number of carbonyl (C=O) groups is 2. The van der Waals surface area contributed by atoms with Crippen LogP contribution in [0.4, 0.5) is 0 Å². The number of nitrogens with two attached hydrogens (primary N) is 1. The largest absolute Gasteiger partial charge is 0.350 e. The van der Waals surface area contributed by atoms with Crippen molar-refractivity contribution >= 4 is 44.8 Å². The van der Waals surface area contributed by atoms with Crippen molar-refractivity contribution in [2.75, 3.05) is 0 Å². The normalized spacial score (nSPS) is 20.9. The number of nitrogens with zero attached hydrogens (tertiary/aromatic N) is 2. The van der Waals surface area contributed by atoms with Gasteiger partial charge < -0.3 is 14.9 Å². The van der Waals surface area contributed by atoms with Gasteiger partial charge in [-0.1, -0.05) is 48.6 Å². The highest BCUT2D eigenvalue weighted by Crippen LogP contribution is 2.40. The average molecular weight is 437 g/mol. The fourth-order valence-corrected chi connectivity index (χ4v) is 5.25. The number of rotatable bonds is 3. The number of imide groups is 1. The summed E-state index contributed by atoms with van der Waals surface area (Å²) < 4.78 is 4.20. The number of aromatic nitrogens is 2. The molecular formula is C27H24N4O2. The second-order valence-electron chi connectivity index (χ2n) is 8.86. The zero-order valence-electron chi connectivity index (χ0n) is 18.3. The van der Waals surface area contributed by atoms with Crippen LogP contribution in [-0.4, -0.2) is 27.0 Å². The summed E-state index contributed by atoms with van der Waals surface area (Å²) in [5.41, 5.74) is 10.5. The van der Waals surface area contributed by atoms with Crippen LogP contribution in [-0.2, 0) is 16.6 Å². The van der Waals surface area contributed by atoms with Gasteiger partial charge in [0, 0.05) is 58.4 Å². The summed E-state index contributed by atoms with van der Waals surface area (Å²) in [6, 6.07) is 16.2. The second-order valence-corrected chi connectivity index (χ2v) is 8.86. The Bertz CT molecular complexity index is 1520. The van der Waals surface area contributed by atoms with Crippen molar-refractivity contribution in [3.8, 4) is 0 Å². The predicted molar refractivity (Wildman–Crippen MR) is 130 cm³/mol. The van der Waals surface area contributed by atoms with Gasteiger partial charge in [-0.3, -0.25) is 14.9 Å². The lowest BCUT2D eigenvalue weighted by Gasteiger charge is -2.22. The van der Waals surface area contributed by atoms with Crippen LogP contribution < -0.4 is 11.1 Å². The van der Waals surface area contributed by atoms with Gasteiger partial charge in [-0.05, 0) is 25.0 Å². The van der Waals surface area contributed by atoms with Crippen LogP contribution in [0.15, 0.2) is 73.1 Å². The van der Waals surface area contributed by atoms with Crippen LogP contribution in [0.25, 0.3) is 33.0 Å². The molecule has 0 spiro atoms. The zero-order chi connectivity index (χ0) is 22.7. The smallest absolute Gasteiger partial charge is 0.259 e. The van der Waals surface area contributed by atoms with E-state index in [2.05, 4.69) is 28.1 Å². The number of benzene rings is 2. The molecule has 2 atom stereocenters. The van der Waals surface area contributed by atoms with Gasteiger partial charge in [0.25, 0.3) is 11.8 Å². The maximum Gasteiger partial charge on any atom is 0.259 e. The molecule has 164 valence electrons. The molecule has 1 aliphatic carbocycles. The van der Waals surface area contributed by atoms with E-state index in [-0.39, 0.29) is 23.9 Å². The highest BCUT2D eigenvalue weighted by atomic mass is 16.2. The molecule has 2 aromatic heterocycles. The number of hydrogen-bond donors (Lipinski definition) is 2. The number of carbonyl (C=O) groups excluding carboxylic acids is 2. The molecule has 0 saturated heterocycles. The Kier molecular flexibility index (Phi) is 4.38. The third kappa shape index (κ3) is 2.98. The van der Waals surface area contributed by atoms with E-state index in [0.717, 1.165) is 45.8 Å². The molecule has 4 aromatic rings. The number of hydrogen-bond acceptors (Lipinski definition) is 3. The molecule has 0 bridgehead atoms. The van der Waals surface area contributed by atoms with E-state index >= 15 is 0 Å². The van der Waals surface area contributed by atoms with Gasteiger partial charge in [0.05, 0.1) is 17.2 Å². The van der Waals surface area contributed by atoms with Crippen LogP contribution in [0.3, 0.4) is 0 Å². The fourth-order valence-electron chi connectivity index (χ4n) is 5.25. The van der Waals surface area contributed by atoms with Crippen molar-refractivity contribution < 1.29 is 9.59 Å². The first kappa shape index (κ1) is 19.8. The summed E-state index contributed by atoms with van der Waals surface area (Å²) in [5.74, 6) is -0.709. The Balaban J connectivity index is 1.62. The molecule has 0 fully saturated rings. The van der Waals surface area contributed by atoms with Crippen molar-refractivity contribution in [1.82, 2.24) is 14.5 Å². The summed E-state index contributed by atoms with van der Waals surface area (Å²) in [6.45, 7) is 0. The van der Waals surface area contributed by atoms with Crippen molar-refractivity contribution in [2.24, 2.45) is 12.8 Å². The van der Waals surface area contributed by atoms with Gasteiger partial charge in [-0.15, -0.1) is 0 Å². The lowest BCUT2D eigenvalue weighted by molar-refractivity contribution is -0.122. The van der Waals surface area contributed by atoms with E-state index in [4.69, 9.17) is 5.73 Å². The number of para-hydroxylation sites is 2. The highest BCUT2D eigenvalue weighted by molar-refractivity contribution is 6.50. The Hall–Kier alpha value is -3.90. The molecule has 3 N–H and O–H groups in total. The summed E-state index contributed by atoms with van der Waals surface area (Å²) in [7, 11) is 1.95. The van der Waals surface area contributed by atoms with E-state index < -0.39 is 0 Å². The first-order valence-corrected chi connectivity index (χ1v) is 11.2. The Morgan fingerprint density at radius 3 is 2.09 bits per heavy atom. The van der Waals surface area contributed by atoms with Crippen molar-refractivity contribution in [1.29, 1.82) is 0 Å². The first-order valence-electron chi connectivity index (χ1n) is 11.2. The summed E-state index contributed by atoms with van der Waals surface area (Å²) in [6.07, 6.45) is 9.99. The molecule has 6 rings (SSSR count). The number of fused-ring (bicyclic) bond motifs is 2. The van der Waals surface area contributed by atoms with Gasteiger partial charge in [0.2, 0.25) is 0 Å². The monoisotopic (exact) mass is 436 g/mol. The van der Waals surface area contributed by atoms with E-state index in [0.29, 0.717) is 11.1 Å². The number of amides is 2. The van der Waals surface area contributed by atoms with Gasteiger partial charge in [-0.25, -0.2) is 0 Å². The summed E-state index contributed by atoms with van der Waals surface area (Å²) in [4.78, 5) is 26.2. The van der Waals surface area contributed by atoms with E-state index in [1.807, 2.05) is 66.5 Å². The molecule has 3 heterocycles. The predicted octanol–water partition coefficient (Wildman–Crippen LogP) is 3.92. The van der Waals surface area contributed by atoms with Crippen LogP contribution in [0.1, 0.15) is 30.0 Å². The van der Waals surface area contributed by atoms with Gasteiger partial charge in [-0.2, -0.15) is 0 Å². The first-order chi connectivity index (χ1) is 16.0. The topological polar surface area (TPSA) is 82.0 Å². The zero-order valence-corrected chi connectivity index (χ0v) is 18.3. The number of allylic oxidation sites excluding steroid dienone is 1. The quantitative estimate of drug-likeness (QED) is 0.377. The molecule has 6 nitrogen and oxygen atoms in total. The lowest BCUT2D eigenvalue weighted by Crippen LogP contribution is -2.23. The molecule has 0 saturated carbocycles. The minimum atomic E-state index is -0.355. The SMILES string of the molecule is Cn1cc(C2=C(c3cn([C@@H]4C=C[C@@H](N)CC4)c4ccccc34)C(=O)NC2=O)c2ccccc21. The number of aryl methyl sites for hydroxylation is 1.